The molecule has 0 heterocycles. The third-order valence-corrected chi connectivity index (χ3v) is 6.05. The van der Waals surface area contributed by atoms with E-state index in [0.717, 1.165) is 0 Å². The fourth-order valence-electron chi connectivity index (χ4n) is 3.51. The number of amides is 3. The van der Waals surface area contributed by atoms with E-state index >= 15 is 0 Å². The number of nitrogens with zero attached hydrogens (tertiary/aromatic N) is 2. The summed E-state index contributed by atoms with van der Waals surface area (Å²) in [5.74, 6) is -3.76. The number of aliphatic carboxylic acids is 1. The Hall–Kier alpha value is -4.25. The molecule has 0 radical (unpaired) electrons. The standard InChI is InChI=1S/C24H40N10O6S/c25-15(3-1-9-30-23(26)27)19(36)34-18(12-41)21(38)33-17(11-13-5-7-14(35)8-6-13)20(37)32-16(22(39)40)4-2-10-31-24(28)29/h5-8,15-18,35,41H,1-4,9-12,25H2,(H,32,37)(H,33,38)(H,34,36)(H,39,40)(H4,26,27,30)(H4,28,29,31)/t15-,16-,17-,18-/m0/s1. The number of nitrogens with one attached hydrogen (secondary N) is 3. The van der Waals surface area contributed by atoms with Crippen LogP contribution in [0.25, 0.3) is 0 Å². The van der Waals surface area contributed by atoms with Crippen LogP contribution in [0.2, 0.25) is 0 Å². The van der Waals surface area contributed by atoms with Crippen molar-refractivity contribution < 1.29 is 29.4 Å². The van der Waals surface area contributed by atoms with Crippen LogP contribution in [0, 0.1) is 0 Å². The third-order valence-electron chi connectivity index (χ3n) is 5.69. The summed E-state index contributed by atoms with van der Waals surface area (Å²) in [6.07, 6.45) is 0.916. The molecule has 16 nitrogen and oxygen atoms in total. The number of hydrogen-bond donors (Lipinski definition) is 11. The first-order valence-electron chi connectivity index (χ1n) is 12.7. The molecule has 17 heteroatoms. The van der Waals surface area contributed by atoms with Gasteiger partial charge in [-0.1, -0.05) is 12.1 Å². The SMILES string of the molecule is NC(N)=NCCC[C@H](NC(=O)[C@H](Cc1ccc(O)cc1)NC(=O)[C@H](CS)NC(=O)[C@@H](N)CCCN=C(N)N)C(=O)O. The molecule has 0 bridgehead atoms. The van der Waals surface area contributed by atoms with E-state index in [4.69, 9.17) is 28.7 Å². The zero-order valence-corrected chi connectivity index (χ0v) is 23.4. The number of aliphatic imine (C=N–C) groups is 2. The summed E-state index contributed by atoms with van der Waals surface area (Å²) in [6.45, 7) is 0.439. The summed E-state index contributed by atoms with van der Waals surface area (Å²) in [5, 5.41) is 26.7. The molecule has 1 aromatic rings. The van der Waals surface area contributed by atoms with Crippen molar-refractivity contribution in [1.29, 1.82) is 0 Å². The number of hydrogen-bond acceptors (Lipinski definition) is 9. The van der Waals surface area contributed by atoms with Crippen molar-refractivity contribution in [1.82, 2.24) is 16.0 Å². The van der Waals surface area contributed by atoms with Gasteiger partial charge in [-0.05, 0) is 43.4 Å². The number of thiol groups is 1. The number of aromatic hydroxyl groups is 1. The molecule has 0 aromatic heterocycles. The number of carboxylic acids is 1. The van der Waals surface area contributed by atoms with Gasteiger partial charge >= 0.3 is 5.97 Å². The van der Waals surface area contributed by atoms with Crippen molar-refractivity contribution in [2.45, 2.75) is 56.3 Å². The van der Waals surface area contributed by atoms with Crippen LogP contribution in [0.4, 0.5) is 0 Å². The highest BCUT2D eigenvalue weighted by molar-refractivity contribution is 7.80. The van der Waals surface area contributed by atoms with Crippen molar-refractivity contribution >= 4 is 48.2 Å². The van der Waals surface area contributed by atoms with Gasteiger partial charge in [-0.25, -0.2) is 4.79 Å². The molecule has 0 fully saturated rings. The third kappa shape index (κ3) is 14.1. The Bertz CT molecular complexity index is 1080. The van der Waals surface area contributed by atoms with E-state index in [9.17, 15) is 29.4 Å². The van der Waals surface area contributed by atoms with Gasteiger partial charge in [0.05, 0.1) is 6.04 Å². The molecule has 41 heavy (non-hydrogen) atoms. The van der Waals surface area contributed by atoms with Crippen LogP contribution in [0.15, 0.2) is 34.3 Å². The number of benzene rings is 1. The summed E-state index contributed by atoms with van der Waals surface area (Å²) < 4.78 is 0. The summed E-state index contributed by atoms with van der Waals surface area (Å²) >= 11 is 4.14. The van der Waals surface area contributed by atoms with E-state index in [1.807, 2.05) is 0 Å². The number of nitrogens with two attached hydrogens (primary N) is 5. The number of carboxylic acid groups (broad SMARTS) is 1. The zero-order chi connectivity index (χ0) is 30.9. The smallest absolute Gasteiger partial charge is 0.326 e. The van der Waals surface area contributed by atoms with Crippen molar-refractivity contribution in [3.8, 4) is 5.75 Å². The Morgan fingerprint density at radius 1 is 0.780 bits per heavy atom. The largest absolute Gasteiger partial charge is 0.508 e. The highest BCUT2D eigenvalue weighted by atomic mass is 32.1. The monoisotopic (exact) mass is 596 g/mol. The van der Waals surface area contributed by atoms with Crippen LogP contribution < -0.4 is 44.6 Å². The molecule has 4 atom stereocenters. The Morgan fingerprint density at radius 3 is 1.78 bits per heavy atom. The van der Waals surface area contributed by atoms with E-state index in [1.54, 1.807) is 12.1 Å². The van der Waals surface area contributed by atoms with Gasteiger partial charge in [0.25, 0.3) is 0 Å². The number of carbonyl (C=O) groups excluding carboxylic acids is 3. The molecule has 1 aromatic carbocycles. The molecule has 1 rings (SSSR count). The lowest BCUT2D eigenvalue weighted by Gasteiger charge is -2.24. The lowest BCUT2D eigenvalue weighted by molar-refractivity contribution is -0.142. The first-order chi connectivity index (χ1) is 19.3. The van der Waals surface area contributed by atoms with Gasteiger partial charge in [0.15, 0.2) is 11.9 Å². The van der Waals surface area contributed by atoms with E-state index < -0.39 is 47.9 Å². The minimum atomic E-state index is -1.29. The topological polar surface area (TPSA) is 300 Å². The van der Waals surface area contributed by atoms with Crippen LogP contribution in [0.5, 0.6) is 5.75 Å². The predicted octanol–water partition coefficient (Wildman–Crippen LogP) is -3.16. The summed E-state index contributed by atoms with van der Waals surface area (Å²) in [7, 11) is 0. The van der Waals surface area contributed by atoms with Crippen molar-refractivity contribution in [2.24, 2.45) is 38.7 Å². The van der Waals surface area contributed by atoms with Crippen LogP contribution in [0.1, 0.15) is 31.2 Å². The van der Waals surface area contributed by atoms with Crippen molar-refractivity contribution in [2.75, 3.05) is 18.8 Å². The van der Waals surface area contributed by atoms with E-state index in [-0.39, 0.29) is 62.2 Å². The molecule has 0 aliphatic heterocycles. The predicted molar refractivity (Wildman–Crippen MR) is 157 cm³/mol. The first kappa shape index (κ1) is 34.8. The van der Waals surface area contributed by atoms with Gasteiger partial charge in [-0.15, -0.1) is 0 Å². The quantitative estimate of drug-likeness (QED) is 0.0348. The van der Waals surface area contributed by atoms with Gasteiger partial charge in [-0.2, -0.15) is 12.6 Å². The second-order valence-corrected chi connectivity index (χ2v) is 9.44. The highest BCUT2D eigenvalue weighted by Gasteiger charge is 2.30. The van der Waals surface area contributed by atoms with Gasteiger partial charge in [-0.3, -0.25) is 24.4 Å². The van der Waals surface area contributed by atoms with Crippen LogP contribution in [-0.4, -0.2) is 88.8 Å². The lowest BCUT2D eigenvalue weighted by Crippen LogP contribution is -2.58. The molecule has 0 saturated carbocycles. The Kier molecular flexibility index (Phi) is 15.4. The maximum absolute atomic E-state index is 13.2. The molecule has 0 unspecified atom stereocenters. The minimum absolute atomic E-state index is 0.00186. The second-order valence-electron chi connectivity index (χ2n) is 9.08. The Balaban J connectivity index is 2.97. The number of rotatable bonds is 18. The number of carbonyl (C=O) groups is 4. The zero-order valence-electron chi connectivity index (χ0n) is 22.5. The highest BCUT2D eigenvalue weighted by Crippen LogP contribution is 2.12. The second kappa shape index (κ2) is 18.2. The molecule has 3 amide bonds. The van der Waals surface area contributed by atoms with Gasteiger partial charge in [0.1, 0.15) is 23.9 Å². The summed E-state index contributed by atoms with van der Waals surface area (Å²) in [4.78, 5) is 58.2. The van der Waals surface area contributed by atoms with E-state index in [0.29, 0.717) is 12.0 Å². The number of guanidine groups is 2. The summed E-state index contributed by atoms with van der Waals surface area (Å²) in [6, 6.07) is 1.27. The molecule has 0 aliphatic carbocycles. The minimum Gasteiger partial charge on any atom is -0.508 e. The first-order valence-corrected chi connectivity index (χ1v) is 13.4. The molecular formula is C24H40N10O6S. The molecule has 15 N–H and O–H groups in total. The van der Waals surface area contributed by atoms with E-state index in [2.05, 4.69) is 38.6 Å². The van der Waals surface area contributed by atoms with Gasteiger partial charge in [0.2, 0.25) is 17.7 Å². The maximum Gasteiger partial charge on any atom is 0.326 e. The van der Waals surface area contributed by atoms with E-state index in [1.165, 1.54) is 12.1 Å². The number of phenolic OH excluding ortho intramolecular Hbond substituents is 1. The van der Waals surface area contributed by atoms with Crippen molar-refractivity contribution in [3.05, 3.63) is 29.8 Å². The van der Waals surface area contributed by atoms with Crippen molar-refractivity contribution in [3.63, 3.8) is 0 Å². The normalized spacial score (nSPS) is 13.5. The van der Waals surface area contributed by atoms with Gasteiger partial charge < -0.3 is 54.8 Å². The molecule has 0 aliphatic rings. The maximum atomic E-state index is 13.2. The summed E-state index contributed by atoms with van der Waals surface area (Å²) in [5.41, 5.74) is 27.5. The molecular weight excluding hydrogens is 556 g/mol. The Morgan fingerprint density at radius 2 is 1.27 bits per heavy atom. The average molecular weight is 597 g/mol. The Labute approximate surface area is 243 Å². The fraction of sp³-hybridized carbons (Fsp3) is 0.500. The average Bonchev–Trinajstić information content (AvgIpc) is 2.91. The van der Waals surface area contributed by atoms with Gasteiger partial charge in [0, 0.05) is 25.3 Å². The van der Waals surface area contributed by atoms with Crippen LogP contribution in [0.3, 0.4) is 0 Å². The lowest BCUT2D eigenvalue weighted by atomic mass is 10.0. The fourth-order valence-corrected chi connectivity index (χ4v) is 3.76. The molecule has 0 spiro atoms. The molecule has 0 saturated heterocycles. The number of phenols is 1. The van der Waals surface area contributed by atoms with Crippen LogP contribution >= 0.6 is 12.6 Å². The molecule has 228 valence electrons. The van der Waals surface area contributed by atoms with Crippen LogP contribution in [-0.2, 0) is 25.6 Å².